The van der Waals surface area contributed by atoms with Crippen LogP contribution in [0, 0.1) is 5.82 Å². The number of halogens is 1. The molecule has 7 heteroatoms. The number of ether oxygens (including phenoxy) is 3. The van der Waals surface area contributed by atoms with Gasteiger partial charge in [-0.25, -0.2) is 9.18 Å². The molecule has 0 aromatic heterocycles. The highest BCUT2D eigenvalue weighted by atomic mass is 19.1. The number of carbonyl (C=O) groups excluding carboxylic acids is 3. The second-order valence-electron chi connectivity index (χ2n) is 5.52. The SMILES string of the molecule is C=C(C)C(=O)OCCC(=O)Oc1ccc(-c2ccc(OC=O)cc2)cc1F. The molecule has 2 aromatic rings. The van der Waals surface area contributed by atoms with Crippen molar-refractivity contribution in [1.29, 1.82) is 0 Å². The van der Waals surface area contributed by atoms with Crippen molar-refractivity contribution in [2.45, 2.75) is 13.3 Å². The Hall–Kier alpha value is -3.48. The van der Waals surface area contributed by atoms with Crippen LogP contribution in [0.15, 0.2) is 54.6 Å². The van der Waals surface area contributed by atoms with Crippen molar-refractivity contribution in [2.75, 3.05) is 6.61 Å². The molecule has 140 valence electrons. The first-order chi connectivity index (χ1) is 12.9. The molecule has 0 aliphatic rings. The molecule has 0 spiro atoms. The van der Waals surface area contributed by atoms with Gasteiger partial charge in [0.05, 0.1) is 6.42 Å². The molecule has 6 nitrogen and oxygen atoms in total. The average molecular weight is 372 g/mol. The van der Waals surface area contributed by atoms with Gasteiger partial charge in [-0.2, -0.15) is 0 Å². The zero-order chi connectivity index (χ0) is 19.8. The Balaban J connectivity index is 1.97. The zero-order valence-corrected chi connectivity index (χ0v) is 14.6. The predicted octanol–water partition coefficient (Wildman–Crippen LogP) is 3.44. The third-order valence-corrected chi connectivity index (χ3v) is 3.42. The van der Waals surface area contributed by atoms with E-state index >= 15 is 0 Å². The van der Waals surface area contributed by atoms with Crippen molar-refractivity contribution in [2.24, 2.45) is 0 Å². The number of benzene rings is 2. The third-order valence-electron chi connectivity index (χ3n) is 3.42. The maximum Gasteiger partial charge on any atom is 0.333 e. The van der Waals surface area contributed by atoms with Gasteiger partial charge >= 0.3 is 11.9 Å². The van der Waals surface area contributed by atoms with Gasteiger partial charge in [0.25, 0.3) is 6.47 Å². The van der Waals surface area contributed by atoms with Gasteiger partial charge in [-0.05, 0) is 42.3 Å². The fourth-order valence-electron chi connectivity index (χ4n) is 2.07. The Morgan fingerprint density at radius 1 is 1.11 bits per heavy atom. The number of hydrogen-bond acceptors (Lipinski definition) is 6. The normalized spacial score (nSPS) is 10.0. The van der Waals surface area contributed by atoms with Gasteiger partial charge < -0.3 is 14.2 Å². The summed E-state index contributed by atoms with van der Waals surface area (Å²) < 4.78 is 28.6. The van der Waals surface area contributed by atoms with E-state index in [9.17, 15) is 18.8 Å². The minimum absolute atomic E-state index is 0.181. The third kappa shape index (κ3) is 5.78. The highest BCUT2D eigenvalue weighted by Crippen LogP contribution is 2.27. The number of carbonyl (C=O) groups is 3. The molecule has 0 amide bonds. The van der Waals surface area contributed by atoms with Gasteiger partial charge in [0.1, 0.15) is 12.4 Å². The molecule has 0 unspecified atom stereocenters. The van der Waals surface area contributed by atoms with E-state index in [4.69, 9.17) is 14.2 Å². The molecule has 0 saturated heterocycles. The maximum atomic E-state index is 14.2. The van der Waals surface area contributed by atoms with Crippen LogP contribution in [0.1, 0.15) is 13.3 Å². The summed E-state index contributed by atoms with van der Waals surface area (Å²) in [6.45, 7) is 5.04. The molecule has 0 bridgehead atoms. The van der Waals surface area contributed by atoms with Crippen molar-refractivity contribution in [1.82, 2.24) is 0 Å². The predicted molar refractivity (Wildman–Crippen MR) is 94.6 cm³/mol. The molecular formula is C20H17FO6. The summed E-state index contributed by atoms with van der Waals surface area (Å²) in [7, 11) is 0. The molecule has 0 atom stereocenters. The Kier molecular flexibility index (Phi) is 6.82. The van der Waals surface area contributed by atoms with Gasteiger partial charge in [-0.15, -0.1) is 0 Å². The Morgan fingerprint density at radius 3 is 2.37 bits per heavy atom. The summed E-state index contributed by atoms with van der Waals surface area (Å²) in [6.07, 6.45) is -0.210. The summed E-state index contributed by atoms with van der Waals surface area (Å²) in [5.41, 5.74) is 1.47. The van der Waals surface area contributed by atoms with E-state index < -0.39 is 17.8 Å². The van der Waals surface area contributed by atoms with Crippen LogP contribution in [0.25, 0.3) is 11.1 Å². The standard InChI is InChI=1S/C20H17FO6/c1-13(2)20(24)25-10-9-19(23)27-18-8-5-15(11-17(18)21)14-3-6-16(7-4-14)26-12-22/h3-8,11-12H,1,9-10H2,2H3. The minimum Gasteiger partial charge on any atom is -0.462 e. The van der Waals surface area contributed by atoms with Crippen LogP contribution < -0.4 is 9.47 Å². The van der Waals surface area contributed by atoms with Crippen molar-refractivity contribution in [3.05, 3.63) is 60.4 Å². The molecule has 0 radical (unpaired) electrons. The van der Waals surface area contributed by atoms with Crippen LogP contribution in [-0.2, 0) is 19.1 Å². The lowest BCUT2D eigenvalue weighted by atomic mass is 10.1. The van der Waals surface area contributed by atoms with Crippen molar-refractivity contribution in [3.63, 3.8) is 0 Å². The second-order valence-corrected chi connectivity index (χ2v) is 5.52. The molecule has 0 aliphatic heterocycles. The van der Waals surface area contributed by atoms with Gasteiger partial charge in [-0.3, -0.25) is 9.59 Å². The highest BCUT2D eigenvalue weighted by molar-refractivity contribution is 5.87. The number of hydrogen-bond donors (Lipinski definition) is 0. The molecule has 0 heterocycles. The molecule has 2 aromatic carbocycles. The van der Waals surface area contributed by atoms with E-state index in [1.807, 2.05) is 0 Å². The first-order valence-electron chi connectivity index (χ1n) is 7.94. The average Bonchev–Trinajstić information content (AvgIpc) is 2.64. The van der Waals surface area contributed by atoms with Gasteiger partial charge in [0.2, 0.25) is 0 Å². The molecular weight excluding hydrogens is 355 g/mol. The van der Waals surface area contributed by atoms with Crippen molar-refractivity contribution in [3.8, 4) is 22.6 Å². The van der Waals surface area contributed by atoms with E-state index in [-0.39, 0.29) is 24.4 Å². The van der Waals surface area contributed by atoms with Crippen LogP contribution in [0.2, 0.25) is 0 Å². The summed E-state index contributed by atoms with van der Waals surface area (Å²) in [5.74, 6) is -1.91. The molecule has 0 N–H and O–H groups in total. The first-order valence-corrected chi connectivity index (χ1v) is 7.94. The fraction of sp³-hybridized carbons (Fsp3) is 0.150. The van der Waals surface area contributed by atoms with E-state index in [1.54, 1.807) is 30.3 Å². The number of rotatable bonds is 8. The fourth-order valence-corrected chi connectivity index (χ4v) is 2.07. The summed E-state index contributed by atoms with van der Waals surface area (Å²) >= 11 is 0. The molecule has 2 rings (SSSR count). The van der Waals surface area contributed by atoms with Gasteiger partial charge in [0, 0.05) is 5.57 Å². The van der Waals surface area contributed by atoms with E-state index in [0.29, 0.717) is 23.3 Å². The summed E-state index contributed by atoms with van der Waals surface area (Å²) in [4.78, 5) is 33.2. The van der Waals surface area contributed by atoms with E-state index in [1.165, 1.54) is 19.1 Å². The van der Waals surface area contributed by atoms with E-state index in [0.717, 1.165) is 0 Å². The highest BCUT2D eigenvalue weighted by Gasteiger charge is 2.12. The number of esters is 2. The van der Waals surface area contributed by atoms with Gasteiger partial charge in [0.15, 0.2) is 11.6 Å². The topological polar surface area (TPSA) is 78.9 Å². The Bertz CT molecular complexity index is 857. The lowest BCUT2D eigenvalue weighted by Gasteiger charge is -2.08. The quantitative estimate of drug-likeness (QED) is 0.306. The largest absolute Gasteiger partial charge is 0.462 e. The Labute approximate surface area is 155 Å². The van der Waals surface area contributed by atoms with E-state index in [2.05, 4.69) is 6.58 Å². The first kappa shape index (κ1) is 19.8. The summed E-state index contributed by atoms with van der Waals surface area (Å²) in [6, 6.07) is 10.6. The second kappa shape index (κ2) is 9.28. The Morgan fingerprint density at radius 2 is 1.78 bits per heavy atom. The lowest BCUT2D eigenvalue weighted by Crippen LogP contribution is -2.14. The minimum atomic E-state index is -0.730. The monoisotopic (exact) mass is 372 g/mol. The van der Waals surface area contributed by atoms with Crippen LogP contribution in [0.3, 0.4) is 0 Å². The lowest BCUT2D eigenvalue weighted by molar-refractivity contribution is -0.142. The molecule has 0 saturated carbocycles. The van der Waals surface area contributed by atoms with Crippen molar-refractivity contribution >= 4 is 18.4 Å². The van der Waals surface area contributed by atoms with Crippen molar-refractivity contribution < 1.29 is 33.0 Å². The smallest absolute Gasteiger partial charge is 0.333 e. The van der Waals surface area contributed by atoms with Crippen LogP contribution >= 0.6 is 0 Å². The molecule has 0 aliphatic carbocycles. The van der Waals surface area contributed by atoms with Crippen LogP contribution in [0.5, 0.6) is 11.5 Å². The zero-order valence-electron chi connectivity index (χ0n) is 14.6. The maximum absolute atomic E-state index is 14.2. The summed E-state index contributed by atoms with van der Waals surface area (Å²) in [5, 5.41) is 0. The molecule has 0 fully saturated rings. The van der Waals surface area contributed by atoms with Crippen LogP contribution in [0.4, 0.5) is 4.39 Å². The van der Waals surface area contributed by atoms with Gasteiger partial charge in [-0.1, -0.05) is 24.8 Å². The van der Waals surface area contributed by atoms with Crippen LogP contribution in [-0.4, -0.2) is 25.0 Å². The molecule has 27 heavy (non-hydrogen) atoms.